The Balaban J connectivity index is 1.38. The van der Waals surface area contributed by atoms with Crippen molar-refractivity contribution < 1.29 is 18.0 Å². The van der Waals surface area contributed by atoms with Crippen molar-refractivity contribution in [2.24, 2.45) is 11.7 Å². The first-order valence-electron chi connectivity index (χ1n) is 10.5. The number of carbonyl (C=O) groups excluding carboxylic acids is 1. The van der Waals surface area contributed by atoms with Gasteiger partial charge in [-0.05, 0) is 66.1 Å². The molecule has 1 amide bonds. The summed E-state index contributed by atoms with van der Waals surface area (Å²) in [5.74, 6) is -0.166. The lowest BCUT2D eigenvalue weighted by Gasteiger charge is -2.33. The second kappa shape index (κ2) is 8.71. The van der Waals surface area contributed by atoms with Crippen molar-refractivity contribution >= 4 is 16.7 Å². The van der Waals surface area contributed by atoms with E-state index in [1.165, 1.54) is 12.1 Å². The van der Waals surface area contributed by atoms with Gasteiger partial charge >= 0.3 is 6.18 Å². The smallest absolute Gasteiger partial charge is 0.349 e. The Kier molecular flexibility index (Phi) is 6.01. The zero-order valence-electron chi connectivity index (χ0n) is 17.0. The van der Waals surface area contributed by atoms with Crippen LogP contribution in [0.25, 0.3) is 10.8 Å². The predicted octanol–water partition coefficient (Wildman–Crippen LogP) is 5.85. The molecule has 3 aromatic carbocycles. The van der Waals surface area contributed by atoms with E-state index in [1.807, 2.05) is 18.2 Å². The molecule has 4 rings (SSSR count). The number of amides is 1. The van der Waals surface area contributed by atoms with E-state index < -0.39 is 17.6 Å². The normalized spacial score (nSPS) is 20.4. The van der Waals surface area contributed by atoms with Crippen LogP contribution in [-0.2, 0) is 6.18 Å². The third kappa shape index (κ3) is 4.74. The van der Waals surface area contributed by atoms with Crippen LogP contribution < -0.4 is 11.1 Å². The molecule has 3 N–H and O–H groups in total. The topological polar surface area (TPSA) is 55.1 Å². The number of nitrogens with one attached hydrogen (secondary N) is 1. The van der Waals surface area contributed by atoms with Gasteiger partial charge in [-0.2, -0.15) is 13.2 Å². The van der Waals surface area contributed by atoms with E-state index in [4.69, 9.17) is 5.73 Å². The van der Waals surface area contributed by atoms with Gasteiger partial charge in [0.05, 0.1) is 5.56 Å². The molecule has 1 unspecified atom stereocenters. The molecule has 1 aliphatic rings. The highest BCUT2D eigenvalue weighted by atomic mass is 19.4. The second-order valence-electron chi connectivity index (χ2n) is 8.26. The number of nitrogens with two attached hydrogens (primary N) is 1. The summed E-state index contributed by atoms with van der Waals surface area (Å²) in [6.07, 6.45) is -1.23. The maximum atomic E-state index is 12.9. The first-order valence-corrected chi connectivity index (χ1v) is 10.5. The average Bonchev–Trinajstić information content (AvgIpc) is 2.78. The zero-order chi connectivity index (χ0) is 22.0. The minimum Gasteiger partial charge on any atom is -0.349 e. The molecular weight excluding hydrogens is 401 g/mol. The van der Waals surface area contributed by atoms with Crippen molar-refractivity contribution in [3.05, 3.63) is 83.4 Å². The van der Waals surface area contributed by atoms with E-state index in [1.54, 1.807) is 0 Å². The van der Waals surface area contributed by atoms with E-state index >= 15 is 0 Å². The molecule has 0 spiro atoms. The quantitative estimate of drug-likeness (QED) is 0.550. The van der Waals surface area contributed by atoms with Crippen LogP contribution in [0.2, 0.25) is 0 Å². The lowest BCUT2D eigenvalue weighted by molar-refractivity contribution is -0.137. The molecule has 0 aromatic heterocycles. The van der Waals surface area contributed by atoms with Gasteiger partial charge in [-0.25, -0.2) is 0 Å². The lowest BCUT2D eigenvalue weighted by atomic mass is 9.78. The van der Waals surface area contributed by atoms with E-state index in [9.17, 15) is 18.0 Å². The molecule has 0 heterocycles. The maximum Gasteiger partial charge on any atom is 0.416 e. The average molecular weight is 426 g/mol. The number of alkyl halides is 3. The number of hydrogen-bond acceptors (Lipinski definition) is 2. The second-order valence-corrected chi connectivity index (χ2v) is 8.26. The van der Waals surface area contributed by atoms with Gasteiger partial charge in [0.2, 0.25) is 0 Å². The molecule has 1 fully saturated rings. The van der Waals surface area contributed by atoms with Crippen molar-refractivity contribution in [3.8, 4) is 0 Å². The summed E-state index contributed by atoms with van der Waals surface area (Å²) in [6, 6.07) is 18.8. The van der Waals surface area contributed by atoms with Crippen LogP contribution in [0, 0.1) is 5.92 Å². The first kappa shape index (κ1) is 21.4. The summed E-state index contributed by atoms with van der Waals surface area (Å²) in [7, 11) is 0. The van der Waals surface area contributed by atoms with Crippen LogP contribution in [0.3, 0.4) is 0 Å². The Morgan fingerprint density at radius 1 is 0.935 bits per heavy atom. The molecule has 6 heteroatoms. The number of hydrogen-bond donors (Lipinski definition) is 2. The van der Waals surface area contributed by atoms with Gasteiger partial charge in [0.1, 0.15) is 0 Å². The number of fused-ring (bicyclic) bond motifs is 1. The summed E-state index contributed by atoms with van der Waals surface area (Å²) in [5.41, 5.74) is 6.99. The largest absolute Gasteiger partial charge is 0.416 e. The van der Waals surface area contributed by atoms with Gasteiger partial charge < -0.3 is 11.1 Å². The van der Waals surface area contributed by atoms with Crippen molar-refractivity contribution in [2.75, 3.05) is 0 Å². The first-order chi connectivity index (χ1) is 14.8. The third-order valence-corrected chi connectivity index (χ3v) is 6.25. The SMILES string of the molecule is NC(c1cccc2ccccc12)C1CCC(NC(=O)c2cccc(C(F)(F)F)c2)CC1. The molecule has 0 saturated heterocycles. The molecule has 0 bridgehead atoms. The van der Waals surface area contributed by atoms with Crippen LogP contribution in [0.5, 0.6) is 0 Å². The zero-order valence-corrected chi connectivity index (χ0v) is 17.0. The molecular formula is C25H25F3N2O. The van der Waals surface area contributed by atoms with Crippen molar-refractivity contribution in [3.63, 3.8) is 0 Å². The van der Waals surface area contributed by atoms with E-state index in [2.05, 4.69) is 29.6 Å². The Morgan fingerprint density at radius 2 is 1.61 bits per heavy atom. The Bertz CT molecular complexity index is 1070. The molecule has 1 aliphatic carbocycles. The highest BCUT2D eigenvalue weighted by Gasteiger charge is 2.32. The Morgan fingerprint density at radius 3 is 2.35 bits per heavy atom. The summed E-state index contributed by atoms with van der Waals surface area (Å²) < 4.78 is 38.7. The summed E-state index contributed by atoms with van der Waals surface area (Å²) >= 11 is 0. The Hall–Kier alpha value is -2.86. The lowest BCUT2D eigenvalue weighted by Crippen LogP contribution is -2.39. The van der Waals surface area contributed by atoms with Crippen molar-refractivity contribution in [2.45, 2.75) is 43.9 Å². The molecule has 1 atom stereocenters. The Labute approximate surface area is 179 Å². The molecule has 3 aromatic rings. The van der Waals surface area contributed by atoms with Crippen LogP contribution in [0.15, 0.2) is 66.7 Å². The minimum atomic E-state index is -4.47. The number of carbonyl (C=O) groups is 1. The molecule has 0 aliphatic heterocycles. The molecule has 31 heavy (non-hydrogen) atoms. The summed E-state index contributed by atoms with van der Waals surface area (Å²) in [5, 5.41) is 5.22. The van der Waals surface area contributed by atoms with Gasteiger partial charge in [0.25, 0.3) is 5.91 Å². The highest BCUT2D eigenvalue weighted by molar-refractivity contribution is 5.94. The third-order valence-electron chi connectivity index (χ3n) is 6.25. The molecule has 162 valence electrons. The van der Waals surface area contributed by atoms with Gasteiger partial charge in [0.15, 0.2) is 0 Å². The molecule has 1 saturated carbocycles. The molecule has 3 nitrogen and oxygen atoms in total. The number of benzene rings is 3. The predicted molar refractivity (Wildman–Crippen MR) is 116 cm³/mol. The fourth-order valence-corrected chi connectivity index (χ4v) is 4.52. The van der Waals surface area contributed by atoms with E-state index in [0.717, 1.165) is 54.2 Å². The van der Waals surface area contributed by atoms with Gasteiger partial charge in [-0.15, -0.1) is 0 Å². The minimum absolute atomic E-state index is 0.0319. The van der Waals surface area contributed by atoms with Crippen LogP contribution in [0.1, 0.15) is 53.2 Å². The van der Waals surface area contributed by atoms with Crippen LogP contribution >= 0.6 is 0 Å². The van der Waals surface area contributed by atoms with E-state index in [-0.39, 0.29) is 17.6 Å². The number of halogens is 3. The summed E-state index contributed by atoms with van der Waals surface area (Å²) in [4.78, 5) is 12.5. The number of rotatable bonds is 4. The highest BCUT2D eigenvalue weighted by Crippen LogP contribution is 2.36. The summed E-state index contributed by atoms with van der Waals surface area (Å²) in [6.45, 7) is 0. The standard InChI is InChI=1S/C25H25F3N2O/c26-25(27,28)19-8-3-7-18(15-19)24(31)30-20-13-11-17(12-14-20)23(29)22-10-4-6-16-5-1-2-9-21(16)22/h1-10,15,17,20,23H,11-14,29H2,(H,30,31). The van der Waals surface area contributed by atoms with Crippen LogP contribution in [-0.4, -0.2) is 11.9 Å². The van der Waals surface area contributed by atoms with Gasteiger partial charge in [0, 0.05) is 17.6 Å². The fourth-order valence-electron chi connectivity index (χ4n) is 4.52. The van der Waals surface area contributed by atoms with Gasteiger partial charge in [-0.3, -0.25) is 4.79 Å². The van der Waals surface area contributed by atoms with Gasteiger partial charge in [-0.1, -0.05) is 48.5 Å². The maximum absolute atomic E-state index is 12.9. The van der Waals surface area contributed by atoms with Crippen LogP contribution in [0.4, 0.5) is 13.2 Å². The van der Waals surface area contributed by atoms with E-state index in [0.29, 0.717) is 5.92 Å². The monoisotopic (exact) mass is 426 g/mol. The van der Waals surface area contributed by atoms with Crippen molar-refractivity contribution in [1.82, 2.24) is 5.32 Å². The van der Waals surface area contributed by atoms with Crippen molar-refractivity contribution in [1.29, 1.82) is 0 Å². The fraction of sp³-hybridized carbons (Fsp3) is 0.320. The molecule has 0 radical (unpaired) electrons.